The van der Waals surface area contributed by atoms with E-state index in [1.165, 1.54) is 4.68 Å². The maximum Gasteiger partial charge on any atom is 0.287 e. The van der Waals surface area contributed by atoms with E-state index < -0.39 is 30.1 Å². The molecule has 1 unspecified atom stereocenters. The largest absolute Gasteiger partial charge is 0.363 e. The van der Waals surface area contributed by atoms with Gasteiger partial charge in [0.15, 0.2) is 0 Å². The van der Waals surface area contributed by atoms with Crippen molar-refractivity contribution < 1.29 is 24.2 Å². The molecule has 2 atom stereocenters. The molecule has 3 aromatic carbocycles. The Morgan fingerprint density at radius 2 is 1.57 bits per heavy atom. The third-order valence-electron chi connectivity index (χ3n) is 6.10. The number of hydrogen-bond donors (Lipinski definition) is 4. The summed E-state index contributed by atoms with van der Waals surface area (Å²) in [4.78, 5) is 37.5. The number of Topliss-reactive ketones (excluding diaryl/α,β-unsaturated/α-hetero) is 1. The van der Waals surface area contributed by atoms with Crippen LogP contribution in [0.3, 0.4) is 0 Å². The first-order valence-electron chi connectivity index (χ1n) is 12.7. The molecule has 0 bridgehead atoms. The number of rotatable bonds is 13. The fourth-order valence-corrected chi connectivity index (χ4v) is 4.13. The molecule has 0 saturated heterocycles. The van der Waals surface area contributed by atoms with Crippen molar-refractivity contribution in [2.45, 2.75) is 39.0 Å². The number of aliphatic hydroxyl groups excluding tert-OH is 1. The minimum absolute atomic E-state index is 0.108. The Bertz CT molecular complexity index is 1460. The van der Waals surface area contributed by atoms with Crippen molar-refractivity contribution in [1.29, 1.82) is 0 Å². The molecule has 0 aliphatic rings. The molecule has 10 nitrogen and oxygen atoms in total. The molecule has 4 rings (SSSR count). The van der Waals surface area contributed by atoms with Crippen molar-refractivity contribution in [1.82, 2.24) is 20.4 Å². The van der Waals surface area contributed by atoms with Crippen molar-refractivity contribution in [2.75, 3.05) is 0 Å². The highest BCUT2D eigenvalue weighted by molar-refractivity contribution is 6.38. The quantitative estimate of drug-likeness (QED) is 0.150. The second-order valence-electron chi connectivity index (χ2n) is 9.23. The van der Waals surface area contributed by atoms with Gasteiger partial charge in [-0.2, -0.15) is 5.10 Å². The Kier molecular flexibility index (Phi) is 9.53. The van der Waals surface area contributed by atoms with Crippen LogP contribution in [0.25, 0.3) is 5.69 Å². The van der Waals surface area contributed by atoms with Gasteiger partial charge < -0.3 is 20.9 Å². The monoisotopic (exact) mass is 541 g/mol. The molecule has 0 fully saturated rings. The highest BCUT2D eigenvalue weighted by Gasteiger charge is 2.27. The highest BCUT2D eigenvalue weighted by atomic mass is 16.6. The van der Waals surface area contributed by atoms with Gasteiger partial charge in [-0.1, -0.05) is 72.8 Å². The number of nitrogens with two attached hydrogens (primary N) is 1. The van der Waals surface area contributed by atoms with E-state index in [0.717, 1.165) is 16.7 Å². The summed E-state index contributed by atoms with van der Waals surface area (Å²) in [5, 5.41) is 20.2. The number of carbonyl (C=O) groups excluding carboxylic acids is 3. The molecule has 0 radical (unpaired) electrons. The fraction of sp³-hybridized carbons (Fsp3) is 0.200. The summed E-state index contributed by atoms with van der Waals surface area (Å²) in [6.45, 7) is 2.29. The van der Waals surface area contributed by atoms with Gasteiger partial charge in [0.2, 0.25) is 12.2 Å². The molecular formula is C30H31N5O5. The molecule has 5 N–H and O–H groups in total. The maximum atomic E-state index is 13.3. The normalized spacial score (nSPS) is 12.4. The lowest BCUT2D eigenvalue weighted by atomic mass is 10.0. The molecule has 4 aromatic rings. The SMILES string of the molecule is Cc1cc(C(=O)N[C@@H](Cc2ccccc2)C(=O)C(N)=O)n(-c2cccc(CNC(O)OCc3ccccc3)c2)n1. The van der Waals surface area contributed by atoms with Crippen LogP contribution >= 0.6 is 0 Å². The van der Waals surface area contributed by atoms with Gasteiger partial charge in [0.1, 0.15) is 11.7 Å². The molecule has 0 saturated carbocycles. The number of ketones is 1. The first-order valence-corrected chi connectivity index (χ1v) is 12.7. The number of aromatic nitrogens is 2. The van der Waals surface area contributed by atoms with E-state index in [0.29, 0.717) is 11.4 Å². The average Bonchev–Trinajstić information content (AvgIpc) is 3.37. The van der Waals surface area contributed by atoms with Crippen LogP contribution in [0.2, 0.25) is 0 Å². The van der Waals surface area contributed by atoms with E-state index >= 15 is 0 Å². The highest BCUT2D eigenvalue weighted by Crippen LogP contribution is 2.16. The molecule has 2 amide bonds. The predicted octanol–water partition coefficient (Wildman–Crippen LogP) is 2.16. The van der Waals surface area contributed by atoms with Crippen molar-refractivity contribution in [3.05, 3.63) is 119 Å². The van der Waals surface area contributed by atoms with E-state index in [9.17, 15) is 19.5 Å². The Labute approximate surface area is 231 Å². The Hall–Kier alpha value is -4.64. The third kappa shape index (κ3) is 7.70. The molecule has 1 heterocycles. The lowest BCUT2D eigenvalue weighted by Gasteiger charge is -2.17. The Balaban J connectivity index is 1.46. The first-order chi connectivity index (χ1) is 19.3. The molecule has 1 aromatic heterocycles. The predicted molar refractivity (Wildman–Crippen MR) is 148 cm³/mol. The second-order valence-corrected chi connectivity index (χ2v) is 9.23. The van der Waals surface area contributed by atoms with Gasteiger partial charge >= 0.3 is 0 Å². The van der Waals surface area contributed by atoms with Gasteiger partial charge in [-0.15, -0.1) is 0 Å². The van der Waals surface area contributed by atoms with Crippen LogP contribution in [0.4, 0.5) is 0 Å². The third-order valence-corrected chi connectivity index (χ3v) is 6.10. The fourth-order valence-electron chi connectivity index (χ4n) is 4.13. The minimum atomic E-state index is -1.18. The Morgan fingerprint density at radius 1 is 0.925 bits per heavy atom. The number of hydrogen-bond acceptors (Lipinski definition) is 7. The summed E-state index contributed by atoms with van der Waals surface area (Å²) < 4.78 is 6.91. The standard InChI is InChI=1S/C30H31N5O5/c1-20-15-26(29(38)33-25(27(36)28(31)37)17-21-9-4-2-5-10-21)35(34-20)24-14-8-13-23(16-24)18-32-30(39)40-19-22-11-6-3-7-12-22/h2-16,25,30,32,39H,17-19H2,1H3,(H2,31,37)(H,33,38)/t25-,30?/m0/s1. The van der Waals surface area contributed by atoms with E-state index in [4.69, 9.17) is 10.5 Å². The van der Waals surface area contributed by atoms with Gasteiger partial charge in [-0.25, -0.2) is 4.68 Å². The minimum Gasteiger partial charge on any atom is -0.363 e. The lowest BCUT2D eigenvalue weighted by molar-refractivity contribution is -0.137. The number of primary amides is 1. The van der Waals surface area contributed by atoms with Gasteiger partial charge in [0.25, 0.3) is 11.8 Å². The van der Waals surface area contributed by atoms with Crippen LogP contribution in [0.15, 0.2) is 91.0 Å². The van der Waals surface area contributed by atoms with Crippen molar-refractivity contribution in [3.63, 3.8) is 0 Å². The Morgan fingerprint density at radius 3 is 2.25 bits per heavy atom. The topological polar surface area (TPSA) is 149 Å². The zero-order chi connectivity index (χ0) is 28.5. The second kappa shape index (κ2) is 13.4. The molecule has 10 heteroatoms. The van der Waals surface area contributed by atoms with E-state index in [1.807, 2.05) is 48.5 Å². The number of carbonyl (C=O) groups is 3. The van der Waals surface area contributed by atoms with Gasteiger partial charge in [0, 0.05) is 13.0 Å². The van der Waals surface area contributed by atoms with Crippen LogP contribution < -0.4 is 16.4 Å². The van der Waals surface area contributed by atoms with Crippen molar-refractivity contribution in [2.24, 2.45) is 5.73 Å². The maximum absolute atomic E-state index is 13.3. The summed E-state index contributed by atoms with van der Waals surface area (Å²) in [5.41, 5.74) is 9.13. The van der Waals surface area contributed by atoms with Gasteiger partial charge in [-0.3, -0.25) is 19.7 Å². The molecule has 206 valence electrons. The number of ether oxygens (including phenoxy) is 1. The van der Waals surface area contributed by atoms with Crippen LogP contribution in [-0.4, -0.2) is 44.9 Å². The van der Waals surface area contributed by atoms with Gasteiger partial charge in [0.05, 0.1) is 18.0 Å². The number of nitrogens with zero attached hydrogens (tertiary/aromatic N) is 2. The number of aryl methyl sites for hydroxylation is 1. The smallest absolute Gasteiger partial charge is 0.287 e. The summed E-state index contributed by atoms with van der Waals surface area (Å²) in [6, 6.07) is 26.3. The number of aliphatic hydroxyl groups is 1. The van der Waals surface area contributed by atoms with E-state index in [2.05, 4.69) is 15.7 Å². The van der Waals surface area contributed by atoms with Crippen LogP contribution in [0.1, 0.15) is 32.9 Å². The zero-order valence-electron chi connectivity index (χ0n) is 22.0. The summed E-state index contributed by atoms with van der Waals surface area (Å²) in [6.07, 6.45) is -1.07. The molecular weight excluding hydrogens is 510 g/mol. The number of nitrogens with one attached hydrogen (secondary N) is 2. The first kappa shape index (κ1) is 28.4. The van der Waals surface area contributed by atoms with Crippen molar-refractivity contribution in [3.8, 4) is 5.69 Å². The van der Waals surface area contributed by atoms with Crippen LogP contribution in [-0.2, 0) is 33.9 Å². The molecule has 0 aliphatic carbocycles. The van der Waals surface area contributed by atoms with E-state index in [-0.39, 0.29) is 25.3 Å². The van der Waals surface area contributed by atoms with Crippen LogP contribution in [0, 0.1) is 6.92 Å². The molecule has 0 spiro atoms. The average molecular weight is 542 g/mol. The van der Waals surface area contributed by atoms with E-state index in [1.54, 1.807) is 49.4 Å². The number of benzene rings is 3. The molecule has 40 heavy (non-hydrogen) atoms. The summed E-state index contributed by atoms with van der Waals surface area (Å²) >= 11 is 0. The molecule has 0 aliphatic heterocycles. The number of amides is 2. The van der Waals surface area contributed by atoms with Gasteiger partial charge in [-0.05, 0) is 41.8 Å². The van der Waals surface area contributed by atoms with Crippen LogP contribution in [0.5, 0.6) is 0 Å². The summed E-state index contributed by atoms with van der Waals surface area (Å²) in [7, 11) is 0. The van der Waals surface area contributed by atoms with Crippen molar-refractivity contribution >= 4 is 17.6 Å². The lowest BCUT2D eigenvalue weighted by Crippen LogP contribution is -2.47. The zero-order valence-corrected chi connectivity index (χ0v) is 22.0. The summed E-state index contributed by atoms with van der Waals surface area (Å²) in [5.74, 6) is -2.59.